The van der Waals surface area contributed by atoms with Gasteiger partial charge >= 0.3 is 0 Å². The molecule has 1 atom stereocenters. The van der Waals surface area contributed by atoms with E-state index in [1.165, 1.54) is 23.9 Å². The van der Waals surface area contributed by atoms with E-state index < -0.39 is 5.25 Å². The lowest BCUT2D eigenvalue weighted by Gasteiger charge is -2.15. The van der Waals surface area contributed by atoms with Gasteiger partial charge in [0.1, 0.15) is 5.82 Å². The summed E-state index contributed by atoms with van der Waals surface area (Å²) in [6, 6.07) is 23.6. The molecule has 0 saturated carbocycles. The standard InChI is InChI=1S/C25H24FN5OS/c1-17-8-6-7-11-22(17)28-24(32)18(2)33-25-30-29-23(31(25)21-9-4-3-5-10-21)16-27-20-14-12-19(26)13-15-20/h3-15,18,27H,16H2,1-2H3,(H,28,32). The Labute approximate surface area is 196 Å². The van der Waals surface area contributed by atoms with Gasteiger partial charge in [-0.25, -0.2) is 4.39 Å². The number of amides is 1. The van der Waals surface area contributed by atoms with Crippen LogP contribution in [0.4, 0.5) is 15.8 Å². The normalized spacial score (nSPS) is 11.7. The highest BCUT2D eigenvalue weighted by Gasteiger charge is 2.21. The summed E-state index contributed by atoms with van der Waals surface area (Å²) in [6.45, 7) is 4.19. The lowest BCUT2D eigenvalue weighted by molar-refractivity contribution is -0.115. The number of hydrogen-bond acceptors (Lipinski definition) is 5. The summed E-state index contributed by atoms with van der Waals surface area (Å²) in [5, 5.41) is 15.2. The minimum Gasteiger partial charge on any atom is -0.378 e. The summed E-state index contributed by atoms with van der Waals surface area (Å²) in [5.41, 5.74) is 3.47. The van der Waals surface area contributed by atoms with Crippen LogP contribution in [0.15, 0.2) is 84.0 Å². The van der Waals surface area contributed by atoms with Crippen molar-refractivity contribution in [3.05, 3.63) is 96.1 Å². The highest BCUT2D eigenvalue weighted by molar-refractivity contribution is 8.00. The van der Waals surface area contributed by atoms with Gasteiger partial charge in [-0.2, -0.15) is 0 Å². The van der Waals surface area contributed by atoms with Crippen molar-refractivity contribution in [2.75, 3.05) is 10.6 Å². The molecule has 2 N–H and O–H groups in total. The van der Waals surface area contributed by atoms with Gasteiger partial charge in [-0.05, 0) is 61.9 Å². The fourth-order valence-electron chi connectivity index (χ4n) is 3.24. The van der Waals surface area contributed by atoms with Crippen molar-refractivity contribution in [3.8, 4) is 5.69 Å². The zero-order valence-electron chi connectivity index (χ0n) is 18.3. The zero-order valence-corrected chi connectivity index (χ0v) is 19.1. The highest BCUT2D eigenvalue weighted by Crippen LogP contribution is 2.27. The number of nitrogens with one attached hydrogen (secondary N) is 2. The molecule has 0 saturated heterocycles. The minimum absolute atomic E-state index is 0.108. The van der Waals surface area contributed by atoms with Gasteiger partial charge in [0.2, 0.25) is 5.91 Å². The number of hydrogen-bond donors (Lipinski definition) is 2. The van der Waals surface area contributed by atoms with E-state index in [-0.39, 0.29) is 11.7 Å². The van der Waals surface area contributed by atoms with Crippen molar-refractivity contribution in [1.29, 1.82) is 0 Å². The number of carbonyl (C=O) groups is 1. The number of thioether (sulfide) groups is 1. The molecule has 0 spiro atoms. The Morgan fingerprint density at radius 2 is 1.70 bits per heavy atom. The molecule has 1 aromatic heterocycles. The molecular weight excluding hydrogens is 437 g/mol. The molecule has 0 bridgehead atoms. The van der Waals surface area contributed by atoms with Gasteiger partial charge in [0, 0.05) is 17.1 Å². The van der Waals surface area contributed by atoms with Crippen molar-refractivity contribution in [1.82, 2.24) is 14.8 Å². The van der Waals surface area contributed by atoms with Gasteiger partial charge in [-0.15, -0.1) is 10.2 Å². The number of nitrogens with zero attached hydrogens (tertiary/aromatic N) is 3. The quantitative estimate of drug-likeness (QED) is 0.342. The van der Waals surface area contributed by atoms with Crippen molar-refractivity contribution in [3.63, 3.8) is 0 Å². The van der Waals surface area contributed by atoms with Gasteiger partial charge in [0.25, 0.3) is 0 Å². The van der Waals surface area contributed by atoms with Crippen LogP contribution < -0.4 is 10.6 Å². The molecular formula is C25H24FN5OS. The Balaban J connectivity index is 1.54. The largest absolute Gasteiger partial charge is 0.378 e. The maximum Gasteiger partial charge on any atom is 0.237 e. The number of para-hydroxylation sites is 2. The van der Waals surface area contributed by atoms with Crippen molar-refractivity contribution in [2.45, 2.75) is 30.8 Å². The molecule has 168 valence electrons. The SMILES string of the molecule is Cc1ccccc1NC(=O)C(C)Sc1nnc(CNc2ccc(F)cc2)n1-c1ccccc1. The first kappa shape index (κ1) is 22.5. The summed E-state index contributed by atoms with van der Waals surface area (Å²) in [5.74, 6) is 0.284. The minimum atomic E-state index is -0.394. The fraction of sp³-hybridized carbons (Fsp3) is 0.160. The molecule has 4 aromatic rings. The Kier molecular flexibility index (Phi) is 7.04. The molecule has 0 fully saturated rings. The third-order valence-electron chi connectivity index (χ3n) is 5.06. The first-order chi connectivity index (χ1) is 16.0. The summed E-state index contributed by atoms with van der Waals surface area (Å²) < 4.78 is 15.1. The smallest absolute Gasteiger partial charge is 0.237 e. The van der Waals surface area contributed by atoms with Crippen LogP contribution in [0, 0.1) is 12.7 Å². The number of rotatable bonds is 8. The molecule has 8 heteroatoms. The molecule has 1 heterocycles. The molecule has 3 aromatic carbocycles. The number of aryl methyl sites for hydroxylation is 1. The van der Waals surface area contributed by atoms with E-state index in [4.69, 9.17) is 0 Å². The van der Waals surface area contributed by atoms with Gasteiger partial charge in [-0.3, -0.25) is 9.36 Å². The second-order valence-electron chi connectivity index (χ2n) is 7.49. The van der Waals surface area contributed by atoms with E-state index in [0.29, 0.717) is 17.5 Å². The van der Waals surface area contributed by atoms with Crippen LogP contribution in [-0.4, -0.2) is 25.9 Å². The average molecular weight is 462 g/mol. The number of halogens is 1. The second kappa shape index (κ2) is 10.3. The Hall–Kier alpha value is -3.65. The lowest BCUT2D eigenvalue weighted by atomic mass is 10.2. The van der Waals surface area contributed by atoms with Crippen molar-refractivity contribution < 1.29 is 9.18 Å². The molecule has 0 aliphatic rings. The third-order valence-corrected chi connectivity index (χ3v) is 6.11. The Bertz CT molecular complexity index is 1230. The molecule has 0 radical (unpaired) electrons. The fourth-order valence-corrected chi connectivity index (χ4v) is 4.12. The van der Waals surface area contributed by atoms with E-state index in [0.717, 1.165) is 22.6 Å². The molecule has 6 nitrogen and oxygen atoms in total. The first-order valence-corrected chi connectivity index (χ1v) is 11.4. The third kappa shape index (κ3) is 5.59. The van der Waals surface area contributed by atoms with Crippen molar-refractivity contribution >= 4 is 29.0 Å². The Morgan fingerprint density at radius 3 is 2.42 bits per heavy atom. The summed E-state index contributed by atoms with van der Waals surface area (Å²) in [4.78, 5) is 12.8. The average Bonchev–Trinajstić information content (AvgIpc) is 3.23. The first-order valence-electron chi connectivity index (χ1n) is 10.5. The van der Waals surface area contributed by atoms with Crippen LogP contribution in [0.5, 0.6) is 0 Å². The number of anilines is 2. The van der Waals surface area contributed by atoms with E-state index in [1.807, 2.05) is 73.0 Å². The molecule has 0 aliphatic heterocycles. The van der Waals surface area contributed by atoms with E-state index >= 15 is 0 Å². The summed E-state index contributed by atoms with van der Waals surface area (Å²) in [7, 11) is 0. The highest BCUT2D eigenvalue weighted by atomic mass is 32.2. The van der Waals surface area contributed by atoms with E-state index in [1.54, 1.807) is 12.1 Å². The second-order valence-corrected chi connectivity index (χ2v) is 8.80. The molecule has 1 unspecified atom stereocenters. The van der Waals surface area contributed by atoms with Crippen LogP contribution in [-0.2, 0) is 11.3 Å². The maximum absolute atomic E-state index is 13.2. The maximum atomic E-state index is 13.2. The molecule has 0 aliphatic carbocycles. The molecule has 33 heavy (non-hydrogen) atoms. The van der Waals surface area contributed by atoms with E-state index in [9.17, 15) is 9.18 Å². The van der Waals surface area contributed by atoms with Crippen LogP contribution in [0.1, 0.15) is 18.3 Å². The topological polar surface area (TPSA) is 71.8 Å². The van der Waals surface area contributed by atoms with Gasteiger partial charge < -0.3 is 10.6 Å². The predicted octanol–water partition coefficient (Wildman–Crippen LogP) is 5.45. The molecule has 1 amide bonds. The van der Waals surface area contributed by atoms with Crippen LogP contribution in [0.3, 0.4) is 0 Å². The molecule has 4 rings (SSSR count). The Morgan fingerprint density at radius 1 is 1.00 bits per heavy atom. The van der Waals surface area contributed by atoms with Gasteiger partial charge in [0.15, 0.2) is 11.0 Å². The van der Waals surface area contributed by atoms with Crippen LogP contribution in [0.2, 0.25) is 0 Å². The zero-order chi connectivity index (χ0) is 23.2. The number of aromatic nitrogens is 3. The summed E-state index contributed by atoms with van der Waals surface area (Å²) in [6.07, 6.45) is 0. The summed E-state index contributed by atoms with van der Waals surface area (Å²) >= 11 is 1.34. The van der Waals surface area contributed by atoms with Crippen LogP contribution >= 0.6 is 11.8 Å². The van der Waals surface area contributed by atoms with Gasteiger partial charge in [-0.1, -0.05) is 48.2 Å². The lowest BCUT2D eigenvalue weighted by Crippen LogP contribution is -2.23. The van der Waals surface area contributed by atoms with Crippen molar-refractivity contribution in [2.24, 2.45) is 0 Å². The number of benzene rings is 3. The predicted molar refractivity (Wildman–Crippen MR) is 130 cm³/mol. The van der Waals surface area contributed by atoms with E-state index in [2.05, 4.69) is 20.8 Å². The number of carbonyl (C=O) groups excluding carboxylic acids is 1. The van der Waals surface area contributed by atoms with Gasteiger partial charge in [0.05, 0.1) is 11.8 Å². The monoisotopic (exact) mass is 461 g/mol. The van der Waals surface area contributed by atoms with Crippen LogP contribution in [0.25, 0.3) is 5.69 Å².